The summed E-state index contributed by atoms with van der Waals surface area (Å²) in [7, 11) is 0. The van der Waals surface area contributed by atoms with Crippen LogP contribution in [0.5, 0.6) is 0 Å². The maximum absolute atomic E-state index is 12.4. The molecule has 4 heterocycles. The smallest absolute Gasteiger partial charge is 0.234 e. The summed E-state index contributed by atoms with van der Waals surface area (Å²) in [5, 5.41) is 13.0. The maximum atomic E-state index is 12.4. The van der Waals surface area contributed by atoms with Crippen molar-refractivity contribution in [3.8, 4) is 6.07 Å². The quantitative estimate of drug-likeness (QED) is 0.672. The zero-order chi connectivity index (χ0) is 24.3. The van der Waals surface area contributed by atoms with Crippen LogP contribution >= 0.6 is 0 Å². The summed E-state index contributed by atoms with van der Waals surface area (Å²) in [6, 6.07) is 6.12. The van der Waals surface area contributed by atoms with E-state index in [9.17, 15) is 10.1 Å². The zero-order valence-corrected chi connectivity index (χ0v) is 20.7. The van der Waals surface area contributed by atoms with Crippen LogP contribution in [0.2, 0.25) is 0 Å². The molecule has 8 nitrogen and oxygen atoms in total. The Bertz CT molecular complexity index is 1050. The Morgan fingerprint density at radius 1 is 1.26 bits per heavy atom. The number of carbonyl (C=O) groups excluding carboxylic acids is 1. The fraction of sp³-hybridized carbons (Fsp3) is 0.577. The summed E-state index contributed by atoms with van der Waals surface area (Å²) in [6.45, 7) is 12.7. The predicted octanol–water partition coefficient (Wildman–Crippen LogP) is 3.03. The molecule has 1 fully saturated rings. The first-order valence-corrected chi connectivity index (χ1v) is 12.1. The highest BCUT2D eigenvalue weighted by molar-refractivity contribution is 5.78. The number of rotatable bonds is 7. The highest BCUT2D eigenvalue weighted by Crippen LogP contribution is 2.36. The van der Waals surface area contributed by atoms with Gasteiger partial charge in [-0.2, -0.15) is 5.26 Å². The Balaban J connectivity index is 1.47. The summed E-state index contributed by atoms with van der Waals surface area (Å²) in [4.78, 5) is 21.7. The molecule has 0 saturated carbocycles. The highest BCUT2D eigenvalue weighted by atomic mass is 16.5. The molecule has 0 spiro atoms. The van der Waals surface area contributed by atoms with Gasteiger partial charge in [0.2, 0.25) is 5.91 Å². The van der Waals surface area contributed by atoms with Gasteiger partial charge in [0.1, 0.15) is 17.6 Å². The largest absolute Gasteiger partial charge is 0.467 e. The van der Waals surface area contributed by atoms with Crippen molar-refractivity contribution in [3.05, 3.63) is 46.5 Å². The molecule has 1 amide bonds. The van der Waals surface area contributed by atoms with Gasteiger partial charge in [0, 0.05) is 43.9 Å². The molecule has 4 rings (SSSR count). The molecule has 0 aromatic carbocycles. The number of nitriles is 1. The average molecular weight is 466 g/mol. The van der Waals surface area contributed by atoms with Crippen molar-refractivity contribution in [2.75, 3.05) is 37.6 Å². The van der Waals surface area contributed by atoms with Crippen LogP contribution in [0.15, 0.2) is 22.8 Å². The SMILES string of the molecule is CC(C)Cc1nc(N2CCN(CC(=O)NCc3ccco3)CC2)c(C#N)c2c1COC(C)(C)C2. The number of anilines is 1. The number of hydrogen-bond acceptors (Lipinski definition) is 7. The summed E-state index contributed by atoms with van der Waals surface area (Å²) < 4.78 is 11.3. The van der Waals surface area contributed by atoms with E-state index in [2.05, 4.69) is 48.9 Å². The number of fused-ring (bicyclic) bond motifs is 1. The van der Waals surface area contributed by atoms with Gasteiger partial charge in [0.05, 0.1) is 37.1 Å². The first-order valence-electron chi connectivity index (χ1n) is 12.1. The van der Waals surface area contributed by atoms with Gasteiger partial charge in [-0.15, -0.1) is 0 Å². The normalized spacial score (nSPS) is 17.9. The lowest BCUT2D eigenvalue weighted by Gasteiger charge is -2.38. The first kappa shape index (κ1) is 24.2. The van der Waals surface area contributed by atoms with Gasteiger partial charge in [-0.25, -0.2) is 4.98 Å². The molecule has 0 aliphatic carbocycles. The lowest BCUT2D eigenvalue weighted by Crippen LogP contribution is -2.50. The van der Waals surface area contributed by atoms with E-state index in [0.29, 0.717) is 37.6 Å². The molecule has 1 saturated heterocycles. The van der Waals surface area contributed by atoms with Crippen LogP contribution in [-0.4, -0.2) is 54.1 Å². The van der Waals surface area contributed by atoms with E-state index in [1.807, 2.05) is 12.1 Å². The topological polar surface area (TPSA) is 94.6 Å². The number of nitrogens with zero attached hydrogens (tertiary/aromatic N) is 4. The molecular formula is C26H35N5O3. The summed E-state index contributed by atoms with van der Waals surface area (Å²) in [6.07, 6.45) is 3.17. The molecule has 0 unspecified atom stereocenters. The van der Waals surface area contributed by atoms with Crippen LogP contribution in [0, 0.1) is 17.2 Å². The van der Waals surface area contributed by atoms with E-state index in [1.165, 1.54) is 0 Å². The minimum absolute atomic E-state index is 0.0177. The van der Waals surface area contributed by atoms with Gasteiger partial charge in [-0.1, -0.05) is 13.8 Å². The molecule has 2 aliphatic heterocycles. The Morgan fingerprint density at radius 3 is 2.68 bits per heavy atom. The molecule has 0 bridgehead atoms. The summed E-state index contributed by atoms with van der Waals surface area (Å²) in [5.74, 6) is 1.97. The number of nitrogens with one attached hydrogen (secondary N) is 1. The number of amides is 1. The number of carbonyl (C=O) groups is 1. The fourth-order valence-corrected chi connectivity index (χ4v) is 4.70. The van der Waals surface area contributed by atoms with Gasteiger partial charge < -0.3 is 19.4 Å². The number of piperazine rings is 1. The molecule has 2 aromatic heterocycles. The van der Waals surface area contributed by atoms with E-state index in [0.717, 1.165) is 61.0 Å². The summed E-state index contributed by atoms with van der Waals surface area (Å²) >= 11 is 0. The Hall–Kier alpha value is -2.89. The Kier molecular flexibility index (Phi) is 7.24. The lowest BCUT2D eigenvalue weighted by atomic mass is 9.86. The van der Waals surface area contributed by atoms with E-state index < -0.39 is 0 Å². The summed E-state index contributed by atoms with van der Waals surface area (Å²) in [5.41, 5.74) is 3.63. The van der Waals surface area contributed by atoms with E-state index >= 15 is 0 Å². The van der Waals surface area contributed by atoms with E-state index in [1.54, 1.807) is 6.26 Å². The molecule has 1 N–H and O–H groups in total. The molecule has 34 heavy (non-hydrogen) atoms. The predicted molar refractivity (Wildman–Crippen MR) is 129 cm³/mol. The number of hydrogen-bond donors (Lipinski definition) is 1. The lowest BCUT2D eigenvalue weighted by molar-refractivity contribution is -0.122. The van der Waals surface area contributed by atoms with Gasteiger partial charge in [0.25, 0.3) is 0 Å². The molecule has 8 heteroatoms. The van der Waals surface area contributed by atoms with Crippen molar-refractivity contribution in [2.24, 2.45) is 5.92 Å². The van der Waals surface area contributed by atoms with Gasteiger partial charge >= 0.3 is 0 Å². The van der Waals surface area contributed by atoms with E-state index in [-0.39, 0.29) is 11.5 Å². The third-order valence-electron chi connectivity index (χ3n) is 6.48. The van der Waals surface area contributed by atoms with Gasteiger partial charge in [-0.05, 0) is 43.9 Å². The van der Waals surface area contributed by atoms with Gasteiger partial charge in [0.15, 0.2) is 0 Å². The van der Waals surface area contributed by atoms with Crippen LogP contribution in [0.25, 0.3) is 0 Å². The van der Waals surface area contributed by atoms with Crippen molar-refractivity contribution < 1.29 is 13.9 Å². The zero-order valence-electron chi connectivity index (χ0n) is 20.7. The van der Waals surface area contributed by atoms with Crippen molar-refractivity contribution >= 4 is 11.7 Å². The second-order valence-corrected chi connectivity index (χ2v) is 10.3. The van der Waals surface area contributed by atoms with E-state index in [4.69, 9.17) is 14.1 Å². The maximum Gasteiger partial charge on any atom is 0.234 e. The molecule has 0 atom stereocenters. The van der Waals surface area contributed by atoms with Crippen LogP contribution in [-0.2, 0) is 35.5 Å². The molecule has 2 aromatic rings. The Labute approximate surface area is 201 Å². The van der Waals surface area contributed by atoms with Gasteiger partial charge in [-0.3, -0.25) is 9.69 Å². The third kappa shape index (κ3) is 5.60. The van der Waals surface area contributed by atoms with Crippen LogP contribution < -0.4 is 10.2 Å². The van der Waals surface area contributed by atoms with Crippen LogP contribution in [0.4, 0.5) is 5.82 Å². The average Bonchev–Trinajstić information content (AvgIpc) is 3.31. The van der Waals surface area contributed by atoms with Crippen LogP contribution in [0.1, 0.15) is 55.8 Å². The standard InChI is InChI=1S/C26H35N5O3/c1-18(2)12-23-22-17-34-26(3,4)13-20(22)21(14-27)25(29-23)31-9-7-30(8-10-31)16-24(32)28-15-19-6-5-11-33-19/h5-6,11,18H,7-10,12-13,15-17H2,1-4H3,(H,28,32). The van der Waals surface area contributed by atoms with Crippen molar-refractivity contribution in [1.82, 2.24) is 15.2 Å². The number of aromatic nitrogens is 1. The Morgan fingerprint density at radius 2 is 2.03 bits per heavy atom. The molecule has 0 radical (unpaired) electrons. The fourth-order valence-electron chi connectivity index (χ4n) is 4.70. The minimum atomic E-state index is -0.298. The number of ether oxygens (including phenoxy) is 1. The molecule has 182 valence electrons. The van der Waals surface area contributed by atoms with Crippen LogP contribution in [0.3, 0.4) is 0 Å². The van der Waals surface area contributed by atoms with Crippen molar-refractivity contribution in [2.45, 2.75) is 59.3 Å². The second-order valence-electron chi connectivity index (χ2n) is 10.3. The number of furan rings is 1. The molecule has 2 aliphatic rings. The third-order valence-corrected chi connectivity index (χ3v) is 6.48. The molecular weight excluding hydrogens is 430 g/mol. The first-order chi connectivity index (χ1) is 16.3. The monoisotopic (exact) mass is 465 g/mol. The minimum Gasteiger partial charge on any atom is -0.467 e. The van der Waals surface area contributed by atoms with Crippen molar-refractivity contribution in [3.63, 3.8) is 0 Å². The highest BCUT2D eigenvalue weighted by Gasteiger charge is 2.33. The number of pyridine rings is 1. The second kappa shape index (κ2) is 10.2. The van der Waals surface area contributed by atoms with Crippen molar-refractivity contribution in [1.29, 1.82) is 5.26 Å².